The van der Waals surface area contributed by atoms with E-state index in [2.05, 4.69) is 0 Å². The van der Waals surface area contributed by atoms with Gasteiger partial charge < -0.3 is 14.6 Å². The molecule has 0 amide bonds. The Morgan fingerprint density at radius 1 is 1.50 bits per heavy atom. The standard InChI is InChI=1S/C10H12O4/c1-7-3-8(5-11)9(12)4-10(7)14-6-13-2/h3-5,12H,6H2,1-2H3. The molecule has 0 aliphatic carbocycles. The molecule has 0 fully saturated rings. The molecule has 0 atom stereocenters. The molecule has 1 aromatic rings. The van der Waals surface area contributed by atoms with Crippen molar-refractivity contribution in [1.82, 2.24) is 0 Å². The van der Waals surface area contributed by atoms with E-state index in [1.807, 2.05) is 0 Å². The number of hydrogen-bond donors (Lipinski definition) is 1. The minimum atomic E-state index is -0.0864. The fourth-order valence-electron chi connectivity index (χ4n) is 1.07. The van der Waals surface area contributed by atoms with Crippen LogP contribution in [-0.4, -0.2) is 25.3 Å². The minimum absolute atomic E-state index is 0.0864. The van der Waals surface area contributed by atoms with Gasteiger partial charge in [-0.1, -0.05) is 0 Å². The first-order valence-electron chi connectivity index (χ1n) is 4.09. The highest BCUT2D eigenvalue weighted by atomic mass is 16.7. The third kappa shape index (κ3) is 2.23. The van der Waals surface area contributed by atoms with E-state index in [1.165, 1.54) is 13.2 Å². The number of phenolic OH excluding ortho intramolecular Hbond substituents is 1. The molecule has 0 aliphatic rings. The molecule has 1 aromatic carbocycles. The maximum Gasteiger partial charge on any atom is 0.188 e. The number of carbonyl (C=O) groups excluding carboxylic acids is 1. The first-order valence-corrected chi connectivity index (χ1v) is 4.09. The monoisotopic (exact) mass is 196 g/mol. The van der Waals surface area contributed by atoms with Crippen molar-refractivity contribution in [3.8, 4) is 11.5 Å². The summed E-state index contributed by atoms with van der Waals surface area (Å²) in [4.78, 5) is 10.5. The zero-order valence-corrected chi connectivity index (χ0v) is 8.11. The van der Waals surface area contributed by atoms with Gasteiger partial charge in [-0.3, -0.25) is 4.79 Å². The number of rotatable bonds is 4. The van der Waals surface area contributed by atoms with Crippen molar-refractivity contribution in [2.75, 3.05) is 13.9 Å². The maximum atomic E-state index is 10.5. The summed E-state index contributed by atoms with van der Waals surface area (Å²) in [7, 11) is 1.51. The summed E-state index contributed by atoms with van der Waals surface area (Å²) in [5.74, 6) is 0.423. The Hall–Kier alpha value is -1.55. The second-order valence-corrected chi connectivity index (χ2v) is 2.85. The van der Waals surface area contributed by atoms with Gasteiger partial charge in [0.2, 0.25) is 0 Å². The smallest absolute Gasteiger partial charge is 0.188 e. The average molecular weight is 196 g/mol. The van der Waals surface area contributed by atoms with E-state index in [9.17, 15) is 9.90 Å². The Kier molecular flexibility index (Phi) is 3.48. The molecule has 0 heterocycles. The Labute approximate surface area is 82.1 Å². The van der Waals surface area contributed by atoms with Crippen LogP contribution < -0.4 is 4.74 Å². The number of ether oxygens (including phenoxy) is 2. The summed E-state index contributed by atoms with van der Waals surface area (Å²) in [6.07, 6.45) is 0.600. The summed E-state index contributed by atoms with van der Waals surface area (Å²) < 4.78 is 9.89. The third-order valence-corrected chi connectivity index (χ3v) is 1.78. The molecule has 0 spiro atoms. The Balaban J connectivity index is 2.96. The average Bonchev–Trinajstić information content (AvgIpc) is 2.18. The topological polar surface area (TPSA) is 55.8 Å². The van der Waals surface area contributed by atoms with Gasteiger partial charge in [-0.25, -0.2) is 0 Å². The van der Waals surface area contributed by atoms with Crippen LogP contribution in [0.2, 0.25) is 0 Å². The van der Waals surface area contributed by atoms with E-state index >= 15 is 0 Å². The lowest BCUT2D eigenvalue weighted by Crippen LogP contribution is -2.00. The van der Waals surface area contributed by atoms with Crippen LogP contribution in [0.3, 0.4) is 0 Å². The van der Waals surface area contributed by atoms with Crippen LogP contribution in [0.15, 0.2) is 12.1 Å². The lowest BCUT2D eigenvalue weighted by atomic mass is 10.1. The molecule has 0 saturated heterocycles. The molecule has 76 valence electrons. The zero-order valence-electron chi connectivity index (χ0n) is 8.11. The van der Waals surface area contributed by atoms with E-state index in [0.29, 0.717) is 12.0 Å². The lowest BCUT2D eigenvalue weighted by Gasteiger charge is -2.09. The molecule has 0 aromatic heterocycles. The Bertz CT molecular complexity index is 333. The SMILES string of the molecule is COCOc1cc(O)c(C=O)cc1C. The molecular formula is C10H12O4. The number of carbonyl (C=O) groups is 1. The second-order valence-electron chi connectivity index (χ2n) is 2.85. The summed E-state index contributed by atoms with van der Waals surface area (Å²) in [5, 5.41) is 9.36. The van der Waals surface area contributed by atoms with Gasteiger partial charge >= 0.3 is 0 Å². The predicted molar refractivity (Wildman–Crippen MR) is 50.7 cm³/mol. The molecule has 0 aliphatic heterocycles. The van der Waals surface area contributed by atoms with E-state index in [4.69, 9.17) is 9.47 Å². The first-order chi connectivity index (χ1) is 6.69. The van der Waals surface area contributed by atoms with E-state index in [-0.39, 0.29) is 18.1 Å². The van der Waals surface area contributed by atoms with Crippen molar-refractivity contribution in [2.24, 2.45) is 0 Å². The summed E-state index contributed by atoms with van der Waals surface area (Å²) in [6, 6.07) is 2.96. The number of benzene rings is 1. The van der Waals surface area contributed by atoms with Crippen molar-refractivity contribution < 1.29 is 19.4 Å². The van der Waals surface area contributed by atoms with Crippen LogP contribution in [-0.2, 0) is 4.74 Å². The molecule has 1 N–H and O–H groups in total. The van der Waals surface area contributed by atoms with Crippen molar-refractivity contribution in [2.45, 2.75) is 6.92 Å². The van der Waals surface area contributed by atoms with Gasteiger partial charge in [-0.2, -0.15) is 0 Å². The number of hydrogen-bond acceptors (Lipinski definition) is 4. The molecular weight excluding hydrogens is 184 g/mol. The van der Waals surface area contributed by atoms with E-state index < -0.39 is 0 Å². The highest BCUT2D eigenvalue weighted by molar-refractivity contribution is 5.80. The van der Waals surface area contributed by atoms with Crippen molar-refractivity contribution in [3.63, 3.8) is 0 Å². The molecule has 4 nitrogen and oxygen atoms in total. The first kappa shape index (κ1) is 10.5. The number of aromatic hydroxyl groups is 1. The van der Waals surface area contributed by atoms with E-state index in [0.717, 1.165) is 5.56 Å². The highest BCUT2D eigenvalue weighted by Crippen LogP contribution is 2.26. The highest BCUT2D eigenvalue weighted by Gasteiger charge is 2.06. The molecule has 0 bridgehead atoms. The summed E-state index contributed by atoms with van der Waals surface area (Å²) in [5.41, 5.74) is 1.04. The fourth-order valence-corrected chi connectivity index (χ4v) is 1.07. The van der Waals surface area contributed by atoms with Crippen LogP contribution in [0.25, 0.3) is 0 Å². The van der Waals surface area contributed by atoms with Gasteiger partial charge in [-0.15, -0.1) is 0 Å². The quantitative estimate of drug-likeness (QED) is 0.585. The van der Waals surface area contributed by atoms with Gasteiger partial charge in [0.1, 0.15) is 11.5 Å². The number of phenols is 1. The van der Waals surface area contributed by atoms with Crippen molar-refractivity contribution in [3.05, 3.63) is 23.3 Å². The minimum Gasteiger partial charge on any atom is -0.507 e. The molecule has 1 rings (SSSR count). The largest absolute Gasteiger partial charge is 0.507 e. The van der Waals surface area contributed by atoms with Crippen molar-refractivity contribution in [1.29, 1.82) is 0 Å². The predicted octanol–water partition coefficient (Wildman–Crippen LogP) is 1.50. The molecule has 14 heavy (non-hydrogen) atoms. The lowest BCUT2D eigenvalue weighted by molar-refractivity contribution is 0.0505. The summed E-state index contributed by atoms with van der Waals surface area (Å²) in [6.45, 7) is 1.90. The van der Waals surface area contributed by atoms with Gasteiger partial charge in [-0.05, 0) is 18.6 Å². The number of aldehydes is 1. The fraction of sp³-hybridized carbons (Fsp3) is 0.300. The second kappa shape index (κ2) is 4.62. The molecule has 0 saturated carbocycles. The van der Waals surface area contributed by atoms with Crippen LogP contribution in [0, 0.1) is 6.92 Å². The Morgan fingerprint density at radius 2 is 2.21 bits per heavy atom. The number of aryl methyl sites for hydroxylation is 1. The number of methoxy groups -OCH3 is 1. The molecule has 4 heteroatoms. The van der Waals surface area contributed by atoms with Gasteiger partial charge in [0, 0.05) is 13.2 Å². The van der Waals surface area contributed by atoms with Crippen molar-refractivity contribution >= 4 is 6.29 Å². The van der Waals surface area contributed by atoms with Crippen LogP contribution in [0.5, 0.6) is 11.5 Å². The van der Waals surface area contributed by atoms with Crippen LogP contribution in [0.1, 0.15) is 15.9 Å². The van der Waals surface area contributed by atoms with Gasteiger partial charge in [0.15, 0.2) is 13.1 Å². The summed E-state index contributed by atoms with van der Waals surface area (Å²) >= 11 is 0. The molecule has 0 unspecified atom stereocenters. The van der Waals surface area contributed by atoms with E-state index in [1.54, 1.807) is 13.0 Å². The van der Waals surface area contributed by atoms with Crippen LogP contribution in [0.4, 0.5) is 0 Å². The third-order valence-electron chi connectivity index (χ3n) is 1.78. The zero-order chi connectivity index (χ0) is 10.6. The van der Waals surface area contributed by atoms with Crippen LogP contribution >= 0.6 is 0 Å². The normalized spacial score (nSPS) is 9.86. The Morgan fingerprint density at radius 3 is 2.79 bits per heavy atom. The van der Waals surface area contributed by atoms with Gasteiger partial charge in [0.25, 0.3) is 0 Å². The maximum absolute atomic E-state index is 10.5. The molecule has 0 radical (unpaired) electrons. The van der Waals surface area contributed by atoms with Gasteiger partial charge in [0.05, 0.1) is 5.56 Å².